The number of methoxy groups -OCH3 is 3. The van der Waals surface area contributed by atoms with Gasteiger partial charge < -0.3 is 19.5 Å². The zero-order valence-corrected chi connectivity index (χ0v) is 20.6. The lowest BCUT2D eigenvalue weighted by Gasteiger charge is -2.18. The number of aryl methyl sites for hydroxylation is 1. The number of carbonyl (C=O) groups is 1. The molecule has 1 heterocycles. The first kappa shape index (κ1) is 24.1. The Morgan fingerprint density at radius 1 is 0.943 bits per heavy atom. The standard InChI is InChI=1S/C28H31N3O4/c1-5-15-31-23-14-10-9-13-21(23)29-27(31)22(16-19-11-7-6-8-12-19)30-28(32)20-17-24(33-2)26(35-4)25(18-20)34-3/h6-14,17-18,22H,5,15-16H2,1-4H3,(H,30,32)/p+1. The van der Waals surface area contributed by atoms with Crippen molar-refractivity contribution in [2.75, 3.05) is 21.3 Å². The van der Waals surface area contributed by atoms with Gasteiger partial charge in [0.1, 0.15) is 6.04 Å². The number of rotatable bonds is 10. The molecule has 0 bridgehead atoms. The van der Waals surface area contributed by atoms with E-state index in [0.717, 1.165) is 35.4 Å². The average Bonchev–Trinajstić information content (AvgIpc) is 3.26. The Labute approximate surface area is 205 Å². The van der Waals surface area contributed by atoms with Crippen molar-refractivity contribution in [3.63, 3.8) is 0 Å². The largest absolute Gasteiger partial charge is 0.493 e. The monoisotopic (exact) mass is 474 g/mol. The molecule has 0 spiro atoms. The minimum atomic E-state index is -0.289. The number of para-hydroxylation sites is 2. The molecule has 1 unspecified atom stereocenters. The van der Waals surface area contributed by atoms with Gasteiger partial charge in [0.15, 0.2) is 22.5 Å². The van der Waals surface area contributed by atoms with Crippen LogP contribution in [0, 0.1) is 0 Å². The number of hydrogen-bond acceptors (Lipinski definition) is 4. The number of aromatic amines is 1. The van der Waals surface area contributed by atoms with Gasteiger partial charge in [0.05, 0.1) is 27.9 Å². The van der Waals surface area contributed by atoms with E-state index in [1.807, 2.05) is 30.3 Å². The summed E-state index contributed by atoms with van der Waals surface area (Å²) < 4.78 is 18.6. The van der Waals surface area contributed by atoms with Gasteiger partial charge >= 0.3 is 0 Å². The maximum atomic E-state index is 13.6. The minimum Gasteiger partial charge on any atom is -0.493 e. The molecule has 0 fully saturated rings. The molecule has 7 nitrogen and oxygen atoms in total. The van der Waals surface area contributed by atoms with Gasteiger partial charge in [-0.15, -0.1) is 0 Å². The summed E-state index contributed by atoms with van der Waals surface area (Å²) in [6.45, 7) is 2.99. The van der Waals surface area contributed by atoms with Crippen LogP contribution in [0.3, 0.4) is 0 Å². The summed E-state index contributed by atoms with van der Waals surface area (Å²) >= 11 is 0. The number of nitrogens with one attached hydrogen (secondary N) is 2. The van der Waals surface area contributed by atoms with Crippen LogP contribution in [0.2, 0.25) is 0 Å². The highest BCUT2D eigenvalue weighted by Gasteiger charge is 2.29. The molecule has 1 atom stereocenters. The zero-order valence-electron chi connectivity index (χ0n) is 20.6. The van der Waals surface area contributed by atoms with E-state index in [2.05, 4.69) is 46.1 Å². The lowest BCUT2D eigenvalue weighted by atomic mass is 10.0. The first-order chi connectivity index (χ1) is 17.1. The summed E-state index contributed by atoms with van der Waals surface area (Å²) in [5.74, 6) is 2.04. The van der Waals surface area contributed by atoms with Crippen LogP contribution in [-0.4, -0.2) is 32.2 Å². The van der Waals surface area contributed by atoms with Crippen molar-refractivity contribution in [1.82, 2.24) is 10.3 Å². The van der Waals surface area contributed by atoms with Crippen molar-refractivity contribution >= 4 is 16.9 Å². The van der Waals surface area contributed by atoms with E-state index in [1.54, 1.807) is 19.2 Å². The van der Waals surface area contributed by atoms with Gasteiger partial charge in [-0.05, 0) is 36.2 Å². The molecule has 4 rings (SSSR count). The molecule has 0 aliphatic heterocycles. The van der Waals surface area contributed by atoms with Gasteiger partial charge in [-0.1, -0.05) is 49.4 Å². The Bertz CT molecular complexity index is 1280. The highest BCUT2D eigenvalue weighted by atomic mass is 16.5. The number of H-pyrrole nitrogens is 1. The Balaban J connectivity index is 1.76. The van der Waals surface area contributed by atoms with E-state index in [9.17, 15) is 4.79 Å². The minimum absolute atomic E-state index is 0.230. The average molecular weight is 475 g/mol. The number of fused-ring (bicyclic) bond motifs is 1. The van der Waals surface area contributed by atoms with Crippen molar-refractivity contribution in [2.24, 2.45) is 0 Å². The number of carbonyl (C=O) groups excluding carboxylic acids is 1. The van der Waals surface area contributed by atoms with Gasteiger partial charge in [0, 0.05) is 12.0 Å². The summed E-state index contributed by atoms with van der Waals surface area (Å²) in [6, 6.07) is 21.4. The van der Waals surface area contributed by atoms with Crippen LogP contribution in [-0.2, 0) is 13.0 Å². The number of aromatic nitrogens is 2. The SMILES string of the molecule is CCC[n+]1c(C(Cc2ccccc2)NC(=O)c2cc(OC)c(OC)c(OC)c2)[nH]c2ccccc21. The first-order valence-electron chi connectivity index (χ1n) is 11.7. The highest BCUT2D eigenvalue weighted by molar-refractivity contribution is 5.96. The van der Waals surface area contributed by atoms with Gasteiger partial charge in [0.2, 0.25) is 5.75 Å². The summed E-state index contributed by atoms with van der Waals surface area (Å²) in [4.78, 5) is 17.1. The third kappa shape index (κ3) is 5.09. The summed E-state index contributed by atoms with van der Waals surface area (Å²) in [7, 11) is 4.61. The number of amides is 1. The molecular weight excluding hydrogens is 442 g/mol. The molecule has 7 heteroatoms. The van der Waals surface area contributed by atoms with Crippen LogP contribution in [0.4, 0.5) is 0 Å². The fourth-order valence-electron chi connectivity index (χ4n) is 4.41. The molecule has 182 valence electrons. The lowest BCUT2D eigenvalue weighted by Crippen LogP contribution is -2.43. The maximum Gasteiger partial charge on any atom is 0.278 e. The Hall–Kier alpha value is -4.00. The van der Waals surface area contributed by atoms with Gasteiger partial charge in [0.25, 0.3) is 11.7 Å². The fourth-order valence-corrected chi connectivity index (χ4v) is 4.41. The van der Waals surface area contributed by atoms with Gasteiger partial charge in [-0.2, -0.15) is 0 Å². The second kappa shape index (κ2) is 11.0. The number of nitrogens with zero attached hydrogens (tertiary/aromatic N) is 1. The Morgan fingerprint density at radius 2 is 1.60 bits per heavy atom. The number of ether oxygens (including phenoxy) is 3. The molecule has 0 saturated carbocycles. The van der Waals surface area contributed by atoms with E-state index in [0.29, 0.717) is 29.2 Å². The second-order valence-corrected chi connectivity index (χ2v) is 8.31. The molecule has 0 aliphatic carbocycles. The van der Waals surface area contributed by atoms with Crippen molar-refractivity contribution in [2.45, 2.75) is 32.4 Å². The predicted octanol–water partition coefficient (Wildman–Crippen LogP) is 4.61. The number of hydrogen-bond donors (Lipinski definition) is 2. The molecular formula is C28H32N3O4+. The fraction of sp³-hybridized carbons (Fsp3) is 0.286. The van der Waals surface area contributed by atoms with Crippen molar-refractivity contribution in [1.29, 1.82) is 0 Å². The molecule has 0 saturated heterocycles. The second-order valence-electron chi connectivity index (χ2n) is 8.31. The summed E-state index contributed by atoms with van der Waals surface area (Å²) in [6.07, 6.45) is 1.60. The highest BCUT2D eigenvalue weighted by Crippen LogP contribution is 2.38. The van der Waals surface area contributed by atoms with Crippen molar-refractivity contribution < 1.29 is 23.6 Å². The summed E-state index contributed by atoms with van der Waals surface area (Å²) in [5, 5.41) is 3.26. The quantitative estimate of drug-likeness (QED) is 0.329. The molecule has 1 amide bonds. The van der Waals surface area contributed by atoms with E-state index >= 15 is 0 Å². The zero-order chi connectivity index (χ0) is 24.8. The van der Waals surface area contributed by atoms with Gasteiger partial charge in [-0.3, -0.25) is 4.79 Å². The van der Waals surface area contributed by atoms with Gasteiger partial charge in [-0.25, -0.2) is 9.55 Å². The van der Waals surface area contributed by atoms with E-state index in [1.165, 1.54) is 14.2 Å². The van der Waals surface area contributed by atoms with E-state index in [4.69, 9.17) is 14.2 Å². The third-order valence-electron chi connectivity index (χ3n) is 6.04. The maximum absolute atomic E-state index is 13.6. The van der Waals surface area contributed by atoms with Crippen LogP contribution in [0.25, 0.3) is 11.0 Å². The number of imidazole rings is 1. The normalized spacial score (nSPS) is 11.8. The van der Waals surface area contributed by atoms with Crippen molar-refractivity contribution in [3.8, 4) is 17.2 Å². The van der Waals surface area contributed by atoms with E-state index in [-0.39, 0.29) is 11.9 Å². The molecule has 35 heavy (non-hydrogen) atoms. The van der Waals surface area contributed by atoms with Crippen LogP contribution in [0.5, 0.6) is 17.2 Å². The van der Waals surface area contributed by atoms with Crippen LogP contribution in [0.1, 0.15) is 41.1 Å². The predicted molar refractivity (Wildman–Crippen MR) is 135 cm³/mol. The molecule has 2 N–H and O–H groups in total. The number of benzene rings is 3. The molecule has 0 radical (unpaired) electrons. The summed E-state index contributed by atoms with van der Waals surface area (Å²) in [5.41, 5.74) is 3.71. The van der Waals surface area contributed by atoms with E-state index < -0.39 is 0 Å². The Kier molecular flexibility index (Phi) is 7.55. The molecule has 4 aromatic rings. The third-order valence-corrected chi connectivity index (χ3v) is 6.04. The van der Waals surface area contributed by atoms with Crippen LogP contribution in [0.15, 0.2) is 66.7 Å². The Morgan fingerprint density at radius 3 is 2.23 bits per heavy atom. The topological polar surface area (TPSA) is 76.5 Å². The lowest BCUT2D eigenvalue weighted by molar-refractivity contribution is -0.680. The smallest absolute Gasteiger partial charge is 0.278 e. The van der Waals surface area contributed by atoms with Crippen molar-refractivity contribution in [3.05, 3.63) is 83.7 Å². The molecule has 3 aromatic carbocycles. The van der Waals surface area contributed by atoms with Crippen LogP contribution >= 0.6 is 0 Å². The molecule has 1 aromatic heterocycles. The van der Waals surface area contributed by atoms with Crippen LogP contribution < -0.4 is 24.1 Å². The molecule has 0 aliphatic rings. The first-order valence-corrected chi connectivity index (χ1v) is 11.7.